The van der Waals surface area contributed by atoms with Crippen LogP contribution >= 0.6 is 11.6 Å². The predicted molar refractivity (Wildman–Crippen MR) is 86.4 cm³/mol. The van der Waals surface area contributed by atoms with E-state index < -0.39 is 5.97 Å². The van der Waals surface area contributed by atoms with Crippen LogP contribution < -0.4 is 5.56 Å². The molecule has 3 aromatic rings. The zero-order valence-electron chi connectivity index (χ0n) is 11.7. The van der Waals surface area contributed by atoms with Crippen molar-refractivity contribution in [2.45, 2.75) is 0 Å². The average molecular weight is 314 g/mol. The second kappa shape index (κ2) is 5.66. The molecule has 22 heavy (non-hydrogen) atoms. The van der Waals surface area contributed by atoms with E-state index in [1.165, 1.54) is 7.11 Å². The number of halogens is 1. The van der Waals surface area contributed by atoms with E-state index in [9.17, 15) is 9.59 Å². The van der Waals surface area contributed by atoms with E-state index in [1.54, 1.807) is 42.5 Å². The van der Waals surface area contributed by atoms with Gasteiger partial charge in [-0.1, -0.05) is 41.9 Å². The van der Waals surface area contributed by atoms with Gasteiger partial charge in [0.15, 0.2) is 0 Å². The number of benzene rings is 2. The number of rotatable bonds is 2. The summed E-state index contributed by atoms with van der Waals surface area (Å²) in [4.78, 5) is 27.5. The van der Waals surface area contributed by atoms with Crippen LogP contribution in [0.4, 0.5) is 0 Å². The highest BCUT2D eigenvalue weighted by molar-refractivity contribution is 6.31. The summed E-state index contributed by atoms with van der Waals surface area (Å²) < 4.78 is 4.87. The van der Waals surface area contributed by atoms with Gasteiger partial charge in [0.25, 0.3) is 5.56 Å². The normalized spacial score (nSPS) is 10.6. The van der Waals surface area contributed by atoms with E-state index in [0.717, 1.165) is 0 Å². The molecule has 4 nitrogen and oxygen atoms in total. The Kier molecular flexibility index (Phi) is 3.69. The molecule has 110 valence electrons. The summed E-state index contributed by atoms with van der Waals surface area (Å²) >= 11 is 6.03. The van der Waals surface area contributed by atoms with Crippen molar-refractivity contribution in [3.63, 3.8) is 0 Å². The Morgan fingerprint density at radius 3 is 2.55 bits per heavy atom. The van der Waals surface area contributed by atoms with Gasteiger partial charge in [-0.15, -0.1) is 0 Å². The molecule has 0 saturated heterocycles. The molecule has 0 aliphatic carbocycles. The number of hydrogen-bond donors (Lipinski definition) is 1. The number of aromatic nitrogens is 1. The van der Waals surface area contributed by atoms with E-state index in [2.05, 4.69) is 4.98 Å². The molecule has 1 N–H and O–H groups in total. The number of nitrogens with one attached hydrogen (secondary N) is 1. The zero-order valence-corrected chi connectivity index (χ0v) is 12.5. The zero-order chi connectivity index (χ0) is 15.7. The molecule has 0 aliphatic heterocycles. The van der Waals surface area contributed by atoms with Crippen LogP contribution in [0.2, 0.25) is 5.02 Å². The Morgan fingerprint density at radius 1 is 1.14 bits per heavy atom. The number of fused-ring (bicyclic) bond motifs is 1. The molecule has 2 aromatic carbocycles. The van der Waals surface area contributed by atoms with Crippen LogP contribution in [0.25, 0.3) is 22.0 Å². The summed E-state index contributed by atoms with van der Waals surface area (Å²) in [7, 11) is 1.29. The molecule has 0 amide bonds. The number of ether oxygens (including phenoxy) is 1. The second-order valence-electron chi connectivity index (χ2n) is 4.75. The van der Waals surface area contributed by atoms with Gasteiger partial charge >= 0.3 is 5.97 Å². The molecular formula is C17H12ClNO3. The number of carbonyl (C=O) groups excluding carboxylic acids is 1. The second-order valence-corrected chi connectivity index (χ2v) is 5.19. The lowest BCUT2D eigenvalue weighted by Gasteiger charge is -2.11. The van der Waals surface area contributed by atoms with E-state index in [0.29, 0.717) is 21.5 Å². The number of hydrogen-bond acceptors (Lipinski definition) is 3. The average Bonchev–Trinajstić information content (AvgIpc) is 2.54. The molecule has 3 rings (SSSR count). The third-order valence-corrected chi connectivity index (χ3v) is 3.66. The number of pyridine rings is 1. The minimum absolute atomic E-state index is 0.218. The summed E-state index contributed by atoms with van der Waals surface area (Å²) in [5, 5.41) is 1.03. The van der Waals surface area contributed by atoms with Gasteiger partial charge in [-0.05, 0) is 23.8 Å². The predicted octanol–water partition coefficient (Wildman–Crippen LogP) is 3.64. The molecule has 0 atom stereocenters. The van der Waals surface area contributed by atoms with Crippen molar-refractivity contribution in [2.24, 2.45) is 0 Å². The molecule has 0 saturated carbocycles. The molecule has 0 bridgehead atoms. The van der Waals surface area contributed by atoms with Crippen LogP contribution in [-0.2, 0) is 4.74 Å². The molecule has 5 heteroatoms. The Bertz CT molecular complexity index is 916. The maximum Gasteiger partial charge on any atom is 0.339 e. The largest absolute Gasteiger partial charge is 0.465 e. The summed E-state index contributed by atoms with van der Waals surface area (Å²) in [6.07, 6.45) is 0. The highest BCUT2D eigenvalue weighted by Crippen LogP contribution is 2.28. The van der Waals surface area contributed by atoms with Gasteiger partial charge in [0.1, 0.15) is 0 Å². The first kappa shape index (κ1) is 14.4. The van der Waals surface area contributed by atoms with Crippen molar-refractivity contribution >= 4 is 28.5 Å². The minimum Gasteiger partial charge on any atom is -0.465 e. The molecular weight excluding hydrogens is 302 g/mol. The standard InChI is InChI=1S/C17H12ClNO3/c1-22-17(21)15-12-9-11(18)7-8-13(12)19-16(20)14(15)10-5-3-2-4-6-10/h2-9H,1H3,(H,19,20). The number of carbonyl (C=O) groups is 1. The van der Waals surface area contributed by atoms with Crippen LogP contribution in [0, 0.1) is 0 Å². The lowest BCUT2D eigenvalue weighted by molar-refractivity contribution is 0.0603. The first-order chi connectivity index (χ1) is 10.6. The Hall–Kier alpha value is -2.59. The summed E-state index contributed by atoms with van der Waals surface area (Å²) in [6.45, 7) is 0. The number of H-pyrrole nitrogens is 1. The van der Waals surface area contributed by atoms with Crippen molar-refractivity contribution in [3.05, 3.63) is 69.5 Å². The van der Waals surface area contributed by atoms with Crippen molar-refractivity contribution in [1.29, 1.82) is 0 Å². The van der Waals surface area contributed by atoms with Gasteiger partial charge < -0.3 is 9.72 Å². The molecule has 1 heterocycles. The minimum atomic E-state index is -0.572. The molecule has 0 fully saturated rings. The van der Waals surface area contributed by atoms with Crippen molar-refractivity contribution in [1.82, 2.24) is 4.98 Å². The van der Waals surface area contributed by atoms with E-state index in [4.69, 9.17) is 16.3 Å². The Balaban J connectivity index is 2.48. The van der Waals surface area contributed by atoms with Crippen molar-refractivity contribution in [2.75, 3.05) is 7.11 Å². The Morgan fingerprint density at radius 2 is 1.86 bits per heavy atom. The van der Waals surface area contributed by atoms with Crippen LogP contribution in [0.15, 0.2) is 53.3 Å². The SMILES string of the molecule is COC(=O)c1c(-c2ccccc2)c(=O)[nH]c2ccc(Cl)cc12. The fourth-order valence-electron chi connectivity index (χ4n) is 2.46. The van der Waals surface area contributed by atoms with Crippen LogP contribution in [0.5, 0.6) is 0 Å². The summed E-state index contributed by atoms with van der Waals surface area (Å²) in [5.74, 6) is -0.572. The highest BCUT2D eigenvalue weighted by Gasteiger charge is 2.21. The fourth-order valence-corrected chi connectivity index (χ4v) is 2.63. The molecule has 1 aromatic heterocycles. The monoisotopic (exact) mass is 313 g/mol. The maximum atomic E-state index is 12.5. The third kappa shape index (κ3) is 2.38. The lowest BCUT2D eigenvalue weighted by Crippen LogP contribution is -2.16. The Labute approximate surface area is 131 Å². The maximum absolute atomic E-state index is 12.5. The lowest BCUT2D eigenvalue weighted by atomic mass is 9.97. The van der Waals surface area contributed by atoms with Gasteiger partial charge in [-0.2, -0.15) is 0 Å². The first-order valence-corrected chi connectivity index (χ1v) is 6.99. The first-order valence-electron chi connectivity index (χ1n) is 6.61. The third-order valence-electron chi connectivity index (χ3n) is 3.43. The molecule has 0 aliphatic rings. The number of esters is 1. The highest BCUT2D eigenvalue weighted by atomic mass is 35.5. The fraction of sp³-hybridized carbons (Fsp3) is 0.0588. The molecule has 0 radical (unpaired) electrons. The number of methoxy groups -OCH3 is 1. The van der Waals surface area contributed by atoms with E-state index >= 15 is 0 Å². The number of aromatic amines is 1. The van der Waals surface area contributed by atoms with E-state index in [1.807, 2.05) is 6.07 Å². The van der Waals surface area contributed by atoms with Crippen molar-refractivity contribution in [3.8, 4) is 11.1 Å². The van der Waals surface area contributed by atoms with Gasteiger partial charge in [-0.3, -0.25) is 4.79 Å². The van der Waals surface area contributed by atoms with Gasteiger partial charge in [-0.25, -0.2) is 4.79 Å². The van der Waals surface area contributed by atoms with Crippen molar-refractivity contribution < 1.29 is 9.53 Å². The summed E-state index contributed by atoms with van der Waals surface area (Å²) in [5.41, 5.74) is 1.33. The smallest absolute Gasteiger partial charge is 0.339 e. The quantitative estimate of drug-likeness (QED) is 0.735. The van der Waals surface area contributed by atoms with Crippen LogP contribution in [0.3, 0.4) is 0 Å². The van der Waals surface area contributed by atoms with Gasteiger partial charge in [0, 0.05) is 15.9 Å². The summed E-state index contributed by atoms with van der Waals surface area (Å²) in [6, 6.07) is 14.0. The van der Waals surface area contributed by atoms with E-state index in [-0.39, 0.29) is 16.7 Å². The van der Waals surface area contributed by atoms with Gasteiger partial charge in [0.2, 0.25) is 0 Å². The molecule has 0 unspecified atom stereocenters. The van der Waals surface area contributed by atoms with Crippen LogP contribution in [-0.4, -0.2) is 18.1 Å². The van der Waals surface area contributed by atoms with Crippen LogP contribution in [0.1, 0.15) is 10.4 Å². The topological polar surface area (TPSA) is 59.2 Å². The molecule has 0 spiro atoms. The van der Waals surface area contributed by atoms with Gasteiger partial charge in [0.05, 0.1) is 18.2 Å².